The molecule has 126 valence electrons. The molecule has 0 spiro atoms. The second-order valence-electron chi connectivity index (χ2n) is 6.75. The van der Waals surface area contributed by atoms with Gasteiger partial charge >= 0.3 is 0 Å². The molecule has 2 atom stereocenters. The molecule has 1 amide bonds. The second-order valence-corrected chi connectivity index (χ2v) is 7.15. The zero-order valence-electron chi connectivity index (χ0n) is 13.6. The van der Waals surface area contributed by atoms with Crippen molar-refractivity contribution in [1.29, 1.82) is 0 Å². The molecule has 2 fully saturated rings. The lowest BCUT2D eigenvalue weighted by Crippen LogP contribution is -2.27. The van der Waals surface area contributed by atoms with Crippen molar-refractivity contribution < 1.29 is 9.53 Å². The third-order valence-electron chi connectivity index (χ3n) is 4.96. The van der Waals surface area contributed by atoms with Gasteiger partial charge in [0.25, 0.3) is 0 Å². The lowest BCUT2D eigenvalue weighted by molar-refractivity contribution is -0.122. The van der Waals surface area contributed by atoms with Gasteiger partial charge < -0.3 is 10.1 Å². The lowest BCUT2D eigenvalue weighted by atomic mass is 9.98. The van der Waals surface area contributed by atoms with Gasteiger partial charge in [0, 0.05) is 24.1 Å². The molecule has 0 aromatic heterocycles. The van der Waals surface area contributed by atoms with E-state index in [-0.39, 0.29) is 11.8 Å². The number of halogens is 1. The highest BCUT2D eigenvalue weighted by Crippen LogP contribution is 2.49. The minimum atomic E-state index is 0.0918. The Morgan fingerprint density at radius 2 is 2.00 bits per heavy atom. The van der Waals surface area contributed by atoms with Crippen LogP contribution in [0, 0.1) is 5.92 Å². The fraction of sp³-hybridized carbons (Fsp3) is 0.632. The second kappa shape index (κ2) is 8.16. The molecule has 0 aliphatic heterocycles. The average molecular weight is 336 g/mol. The van der Waals surface area contributed by atoms with Crippen molar-refractivity contribution in [1.82, 2.24) is 5.32 Å². The number of hydrogen-bond donors (Lipinski definition) is 1. The number of benzene rings is 1. The minimum absolute atomic E-state index is 0.0918. The van der Waals surface area contributed by atoms with E-state index in [1.54, 1.807) is 0 Å². The van der Waals surface area contributed by atoms with Crippen LogP contribution in [0.2, 0.25) is 5.02 Å². The molecule has 2 unspecified atom stereocenters. The van der Waals surface area contributed by atoms with E-state index in [2.05, 4.69) is 5.32 Å². The fourth-order valence-electron chi connectivity index (χ4n) is 3.50. The molecule has 1 aromatic carbocycles. The van der Waals surface area contributed by atoms with Crippen molar-refractivity contribution in [2.24, 2.45) is 5.92 Å². The van der Waals surface area contributed by atoms with Crippen LogP contribution in [0.1, 0.15) is 56.4 Å². The first-order valence-corrected chi connectivity index (χ1v) is 9.27. The zero-order valence-corrected chi connectivity index (χ0v) is 14.4. The summed E-state index contributed by atoms with van der Waals surface area (Å²) in [5.41, 5.74) is 1.11. The predicted molar refractivity (Wildman–Crippen MR) is 92.8 cm³/mol. The average Bonchev–Trinajstić information content (AvgIpc) is 3.36. The van der Waals surface area contributed by atoms with E-state index >= 15 is 0 Å². The summed E-state index contributed by atoms with van der Waals surface area (Å²) in [4.78, 5) is 12.2. The van der Waals surface area contributed by atoms with Gasteiger partial charge in [-0.05, 0) is 43.2 Å². The summed E-state index contributed by atoms with van der Waals surface area (Å²) < 4.78 is 5.88. The number of carbonyl (C=O) groups is 1. The van der Waals surface area contributed by atoms with Crippen LogP contribution in [-0.4, -0.2) is 25.2 Å². The molecule has 2 aliphatic carbocycles. The number of carbonyl (C=O) groups excluding carboxylic acids is 1. The Balaban J connectivity index is 1.31. The summed E-state index contributed by atoms with van der Waals surface area (Å²) in [5, 5.41) is 3.81. The Morgan fingerprint density at radius 1 is 1.22 bits per heavy atom. The maximum atomic E-state index is 12.2. The van der Waals surface area contributed by atoms with E-state index in [0.29, 0.717) is 18.6 Å². The van der Waals surface area contributed by atoms with Crippen LogP contribution >= 0.6 is 11.6 Å². The van der Waals surface area contributed by atoms with Gasteiger partial charge in [-0.2, -0.15) is 0 Å². The van der Waals surface area contributed by atoms with Gasteiger partial charge in [-0.3, -0.25) is 4.79 Å². The molecule has 2 saturated carbocycles. The molecule has 0 radical (unpaired) electrons. The van der Waals surface area contributed by atoms with Gasteiger partial charge in [0.15, 0.2) is 0 Å². The lowest BCUT2D eigenvalue weighted by Gasteiger charge is -2.21. The van der Waals surface area contributed by atoms with Crippen LogP contribution in [0.3, 0.4) is 0 Å². The molecule has 4 heteroatoms. The predicted octanol–water partition coefficient (Wildman–Crippen LogP) is 4.30. The highest BCUT2D eigenvalue weighted by atomic mass is 35.5. The molecule has 0 heterocycles. The highest BCUT2D eigenvalue weighted by Gasteiger charge is 2.44. The number of hydrogen-bond acceptors (Lipinski definition) is 2. The number of rotatable bonds is 7. The number of amides is 1. The third-order valence-corrected chi connectivity index (χ3v) is 5.30. The first-order valence-electron chi connectivity index (χ1n) is 8.89. The van der Waals surface area contributed by atoms with Crippen molar-refractivity contribution in [2.75, 3.05) is 13.2 Å². The van der Waals surface area contributed by atoms with Crippen LogP contribution in [0.15, 0.2) is 24.3 Å². The van der Waals surface area contributed by atoms with Crippen LogP contribution in [0.5, 0.6) is 0 Å². The first-order chi connectivity index (χ1) is 11.3. The Bertz CT molecular complexity index is 528. The molecule has 23 heavy (non-hydrogen) atoms. The molecule has 1 N–H and O–H groups in total. The van der Waals surface area contributed by atoms with Crippen molar-refractivity contribution in [3.8, 4) is 0 Å². The maximum Gasteiger partial charge on any atom is 0.223 e. The Morgan fingerprint density at radius 3 is 2.78 bits per heavy atom. The van der Waals surface area contributed by atoms with Gasteiger partial charge in [0.2, 0.25) is 5.91 Å². The summed E-state index contributed by atoms with van der Waals surface area (Å²) in [6.07, 6.45) is 8.61. The maximum absolute atomic E-state index is 12.2. The molecule has 0 bridgehead atoms. The molecular formula is C19H26ClNO2. The van der Waals surface area contributed by atoms with E-state index in [4.69, 9.17) is 16.3 Å². The Kier molecular flexibility index (Phi) is 5.96. The zero-order chi connectivity index (χ0) is 16.1. The first kappa shape index (κ1) is 16.8. The minimum Gasteiger partial charge on any atom is -0.378 e. The largest absolute Gasteiger partial charge is 0.378 e. The molecule has 2 aliphatic rings. The fourth-order valence-corrected chi connectivity index (χ4v) is 3.78. The number of nitrogens with one attached hydrogen (secondary N) is 1. The van der Waals surface area contributed by atoms with Crippen LogP contribution in [-0.2, 0) is 9.53 Å². The molecule has 0 saturated heterocycles. The summed E-state index contributed by atoms with van der Waals surface area (Å²) in [5.74, 6) is 0.545. The van der Waals surface area contributed by atoms with Crippen LogP contribution in [0.25, 0.3) is 0 Å². The van der Waals surface area contributed by atoms with Crippen molar-refractivity contribution in [3.63, 3.8) is 0 Å². The van der Waals surface area contributed by atoms with Gasteiger partial charge in [-0.15, -0.1) is 0 Å². The topological polar surface area (TPSA) is 38.3 Å². The van der Waals surface area contributed by atoms with E-state index in [1.165, 1.54) is 32.1 Å². The van der Waals surface area contributed by atoms with Gasteiger partial charge in [0.1, 0.15) is 0 Å². The van der Waals surface area contributed by atoms with Gasteiger partial charge in [0.05, 0.1) is 6.10 Å². The monoisotopic (exact) mass is 335 g/mol. The third kappa shape index (κ3) is 4.71. The summed E-state index contributed by atoms with van der Waals surface area (Å²) in [7, 11) is 0. The summed E-state index contributed by atoms with van der Waals surface area (Å²) >= 11 is 6.20. The highest BCUT2D eigenvalue weighted by molar-refractivity contribution is 6.31. The quantitative estimate of drug-likeness (QED) is 0.754. The SMILES string of the molecule is O=C(NCCCOC1CCCCC1)C1CC1c1ccccc1Cl. The van der Waals surface area contributed by atoms with E-state index < -0.39 is 0 Å². The summed E-state index contributed by atoms with van der Waals surface area (Å²) in [6, 6.07) is 7.83. The van der Waals surface area contributed by atoms with Gasteiger partial charge in [-0.25, -0.2) is 0 Å². The Hall–Kier alpha value is -1.06. The standard InChI is InChI=1S/C19H26ClNO2/c20-18-10-5-4-9-15(18)16-13-17(16)19(22)21-11-6-12-23-14-7-2-1-3-8-14/h4-5,9-10,14,16-17H,1-3,6-8,11-13H2,(H,21,22). The van der Waals surface area contributed by atoms with Crippen molar-refractivity contribution in [3.05, 3.63) is 34.9 Å². The Labute approximate surface area is 143 Å². The van der Waals surface area contributed by atoms with E-state index in [0.717, 1.165) is 30.0 Å². The van der Waals surface area contributed by atoms with E-state index in [1.807, 2.05) is 24.3 Å². The molecular weight excluding hydrogens is 310 g/mol. The van der Waals surface area contributed by atoms with Crippen molar-refractivity contribution in [2.45, 2.75) is 57.0 Å². The van der Waals surface area contributed by atoms with Crippen molar-refractivity contribution >= 4 is 17.5 Å². The normalized spacial score (nSPS) is 24.4. The smallest absolute Gasteiger partial charge is 0.223 e. The van der Waals surface area contributed by atoms with Crippen LogP contribution < -0.4 is 5.32 Å². The summed E-state index contributed by atoms with van der Waals surface area (Å²) in [6.45, 7) is 1.46. The molecule has 3 nitrogen and oxygen atoms in total. The number of ether oxygens (including phenoxy) is 1. The van der Waals surface area contributed by atoms with Gasteiger partial charge in [-0.1, -0.05) is 49.1 Å². The molecule has 3 rings (SSSR count). The van der Waals surface area contributed by atoms with Crippen LogP contribution in [0.4, 0.5) is 0 Å². The molecule has 1 aromatic rings. The van der Waals surface area contributed by atoms with E-state index in [9.17, 15) is 4.79 Å².